The zero-order valence-electron chi connectivity index (χ0n) is 15.2. The standard InChI is InChI=1S/C21H18O3.3ClH.Ti/c1-14-8-6-12-17(22)19(14)20-15(2)9-7-13-18(20)24-21(23)16-10-4-3-5-11-16;;;;/h3-13,22H,1-2H3;3*1H;/q;;;;+4/p-4. The summed E-state index contributed by atoms with van der Waals surface area (Å²) in [6, 6.07) is 20.6. The Hall–Kier alpha value is -1.49. The molecule has 0 saturated heterocycles. The van der Waals surface area contributed by atoms with E-state index in [0.717, 1.165) is 28.0 Å². The molecule has 0 fully saturated rings. The molecule has 28 heavy (non-hydrogen) atoms. The zero-order valence-corrected chi connectivity index (χ0v) is 19.0. The molecule has 0 unspecified atom stereocenters. The van der Waals surface area contributed by atoms with Gasteiger partial charge in [0.25, 0.3) is 0 Å². The number of aryl methyl sites for hydroxylation is 2. The smallest absolute Gasteiger partial charge is 1.00 e. The molecule has 0 aliphatic heterocycles. The first-order valence-corrected chi connectivity index (χ1v) is 8.56. The summed E-state index contributed by atoms with van der Waals surface area (Å²) in [5, 5.41) is 0. The molecule has 0 aliphatic rings. The topological polar surface area (TPSA) is 35.5 Å². The Morgan fingerprint density at radius 2 is 1.21 bits per heavy atom. The predicted octanol–water partition coefficient (Wildman–Crippen LogP) is -3.96. The van der Waals surface area contributed by atoms with E-state index in [9.17, 15) is 4.79 Å². The quantitative estimate of drug-likeness (QED) is 0.221. The molecule has 0 N–H and O–H groups in total. The molecule has 0 amide bonds. The van der Waals surface area contributed by atoms with Gasteiger partial charge in [-0.25, -0.2) is 0 Å². The van der Waals surface area contributed by atoms with Crippen LogP contribution in [0, 0.1) is 13.8 Å². The van der Waals surface area contributed by atoms with Gasteiger partial charge in [-0.3, -0.25) is 0 Å². The second-order valence-corrected chi connectivity index (χ2v) is 6.07. The van der Waals surface area contributed by atoms with Crippen LogP contribution >= 0.6 is 0 Å². The SMILES string of the molecule is Cc1cccc([O][Ti+3])c1-c1c(C)cccc1OC(=O)c1ccccc1.[Cl-].[Cl-].[Cl-]. The van der Waals surface area contributed by atoms with Gasteiger partial charge in [0, 0.05) is 0 Å². The van der Waals surface area contributed by atoms with Gasteiger partial charge < -0.3 is 37.2 Å². The predicted molar refractivity (Wildman–Crippen MR) is 93.4 cm³/mol. The van der Waals surface area contributed by atoms with Gasteiger partial charge in [0.05, 0.1) is 0 Å². The Morgan fingerprint density at radius 3 is 1.75 bits per heavy atom. The monoisotopic (exact) mass is 470 g/mol. The Morgan fingerprint density at radius 1 is 0.714 bits per heavy atom. The Kier molecular flexibility index (Phi) is 11.5. The Bertz CT molecular complexity index is 918. The van der Waals surface area contributed by atoms with E-state index >= 15 is 0 Å². The maximum Gasteiger partial charge on any atom is -1.00 e. The van der Waals surface area contributed by atoms with Crippen molar-refractivity contribution in [3.63, 3.8) is 0 Å². The maximum atomic E-state index is 12.5. The summed E-state index contributed by atoms with van der Waals surface area (Å²) >= 11 is 1.65. The first-order valence-electron chi connectivity index (χ1n) is 7.92. The van der Waals surface area contributed by atoms with Crippen molar-refractivity contribution in [1.29, 1.82) is 0 Å². The summed E-state index contributed by atoms with van der Waals surface area (Å²) in [6.45, 7) is 4.02. The average Bonchev–Trinajstić information content (AvgIpc) is 2.63. The van der Waals surface area contributed by atoms with Crippen LogP contribution in [0.15, 0.2) is 66.7 Å². The van der Waals surface area contributed by atoms with E-state index in [1.54, 1.807) is 33.0 Å². The Balaban J connectivity index is 0.00000243. The largest absolute Gasteiger partial charge is 1.00 e. The van der Waals surface area contributed by atoms with Gasteiger partial charge in [0.15, 0.2) is 0 Å². The summed E-state index contributed by atoms with van der Waals surface area (Å²) in [5.41, 5.74) is 4.42. The van der Waals surface area contributed by atoms with Crippen LogP contribution in [-0.2, 0) is 20.8 Å². The third kappa shape index (κ3) is 5.76. The van der Waals surface area contributed by atoms with Crippen LogP contribution in [-0.4, -0.2) is 5.97 Å². The summed E-state index contributed by atoms with van der Waals surface area (Å²) in [4.78, 5) is 12.5. The number of halogens is 3. The molecule has 0 bridgehead atoms. The number of carbonyl (C=O) groups excluding carboxylic acids is 1. The van der Waals surface area contributed by atoms with Crippen LogP contribution in [0.25, 0.3) is 11.1 Å². The van der Waals surface area contributed by atoms with Crippen molar-refractivity contribution >= 4 is 5.97 Å². The molecule has 144 valence electrons. The van der Waals surface area contributed by atoms with Crippen LogP contribution in [0.5, 0.6) is 11.5 Å². The average molecular weight is 472 g/mol. The molecule has 0 saturated carbocycles. The molecule has 3 aromatic rings. The van der Waals surface area contributed by atoms with Gasteiger partial charge in [-0.1, -0.05) is 0 Å². The molecule has 3 nitrogen and oxygen atoms in total. The van der Waals surface area contributed by atoms with Crippen LogP contribution in [0.3, 0.4) is 0 Å². The molecule has 7 heteroatoms. The van der Waals surface area contributed by atoms with Crippen molar-refractivity contribution in [2.75, 3.05) is 0 Å². The van der Waals surface area contributed by atoms with Crippen molar-refractivity contribution in [3.8, 4) is 22.6 Å². The van der Waals surface area contributed by atoms with Crippen LogP contribution in [0.2, 0.25) is 0 Å². The van der Waals surface area contributed by atoms with Crippen LogP contribution in [0.4, 0.5) is 0 Å². The minimum Gasteiger partial charge on any atom is -1.00 e. The molecule has 3 aromatic carbocycles. The molecule has 0 heterocycles. The summed E-state index contributed by atoms with van der Waals surface area (Å²) < 4.78 is 11.3. The van der Waals surface area contributed by atoms with Gasteiger partial charge in [0.1, 0.15) is 0 Å². The molecule has 0 spiro atoms. The van der Waals surface area contributed by atoms with Crippen molar-refractivity contribution in [3.05, 3.63) is 83.4 Å². The zero-order chi connectivity index (χ0) is 17.8. The normalized spacial score (nSPS) is 9.29. The van der Waals surface area contributed by atoms with Gasteiger partial charge in [-0.05, 0) is 0 Å². The number of benzene rings is 3. The van der Waals surface area contributed by atoms with Gasteiger partial charge in [-0.15, -0.1) is 0 Å². The Labute approximate surface area is 195 Å². The van der Waals surface area contributed by atoms with Crippen molar-refractivity contribution in [2.45, 2.75) is 13.8 Å². The molecule has 0 radical (unpaired) electrons. The van der Waals surface area contributed by atoms with E-state index in [0.29, 0.717) is 11.3 Å². The van der Waals surface area contributed by atoms with Crippen LogP contribution in [0.1, 0.15) is 21.5 Å². The third-order valence-electron chi connectivity index (χ3n) is 4.04. The molecular formula is C21H17Cl3O3Ti. The van der Waals surface area contributed by atoms with E-state index in [1.807, 2.05) is 68.4 Å². The number of carbonyl (C=O) groups is 1. The van der Waals surface area contributed by atoms with E-state index in [1.165, 1.54) is 0 Å². The van der Waals surface area contributed by atoms with Crippen LogP contribution < -0.4 is 45.3 Å². The van der Waals surface area contributed by atoms with E-state index in [-0.39, 0.29) is 43.2 Å². The molecule has 0 atom stereocenters. The number of rotatable bonds is 4. The second-order valence-electron chi connectivity index (χ2n) is 5.75. The molecule has 0 aliphatic carbocycles. The summed E-state index contributed by atoms with van der Waals surface area (Å²) in [5.74, 6) is 0.910. The van der Waals surface area contributed by atoms with Crippen molar-refractivity contribution < 1.29 is 70.9 Å². The number of ether oxygens (including phenoxy) is 1. The van der Waals surface area contributed by atoms with E-state index < -0.39 is 0 Å². The molecule has 0 aromatic heterocycles. The van der Waals surface area contributed by atoms with E-state index in [4.69, 9.17) is 8.06 Å². The third-order valence-corrected chi connectivity index (χ3v) is 4.38. The molecule has 3 rings (SSSR count). The first-order chi connectivity index (χ1) is 12.1. The van der Waals surface area contributed by atoms with Gasteiger partial charge in [0.2, 0.25) is 0 Å². The fourth-order valence-electron chi connectivity index (χ4n) is 2.83. The minimum atomic E-state index is -0.375. The van der Waals surface area contributed by atoms with Crippen molar-refractivity contribution in [1.82, 2.24) is 0 Å². The number of esters is 1. The summed E-state index contributed by atoms with van der Waals surface area (Å²) in [7, 11) is 0. The fraction of sp³-hybridized carbons (Fsp3) is 0.0952. The van der Waals surface area contributed by atoms with Gasteiger partial charge in [-0.2, -0.15) is 0 Å². The number of hydrogen-bond donors (Lipinski definition) is 0. The fourth-order valence-corrected chi connectivity index (χ4v) is 3.09. The second kappa shape index (κ2) is 12.2. The van der Waals surface area contributed by atoms with Crippen molar-refractivity contribution in [2.24, 2.45) is 0 Å². The number of hydrogen-bond acceptors (Lipinski definition) is 3. The van der Waals surface area contributed by atoms with E-state index in [2.05, 4.69) is 0 Å². The summed E-state index contributed by atoms with van der Waals surface area (Å²) in [6.07, 6.45) is 0. The van der Waals surface area contributed by atoms with Gasteiger partial charge >= 0.3 is 160 Å². The maximum absolute atomic E-state index is 12.5. The first kappa shape index (κ1) is 26.5. The minimum absolute atomic E-state index is 0. The molecular weight excluding hydrogens is 454 g/mol.